The first-order valence-corrected chi connectivity index (χ1v) is 12.5. The minimum Gasteiger partial charge on any atom is -0.489 e. The van der Waals surface area contributed by atoms with Gasteiger partial charge in [-0.1, -0.05) is 25.1 Å². The summed E-state index contributed by atoms with van der Waals surface area (Å²) in [6, 6.07) is 8.27. The number of hydrogen-bond acceptors (Lipinski definition) is 5. The highest BCUT2D eigenvalue weighted by Crippen LogP contribution is 2.61. The van der Waals surface area contributed by atoms with Crippen LogP contribution in [-0.4, -0.2) is 48.2 Å². The predicted octanol–water partition coefficient (Wildman–Crippen LogP) is 4.83. The molecule has 2 aromatic rings. The number of carbonyl (C=O) groups is 2. The van der Waals surface area contributed by atoms with E-state index in [9.17, 15) is 9.59 Å². The highest BCUT2D eigenvalue weighted by Gasteiger charge is 2.59. The van der Waals surface area contributed by atoms with E-state index in [2.05, 4.69) is 35.0 Å². The summed E-state index contributed by atoms with van der Waals surface area (Å²) in [5.41, 5.74) is 2.94. The standard InChI is InChI=1S/C29H32N2O3/c1-29-9-7-18-13-22-24(32)11-17(16-31(2)3)12-26(22)34-28(18)23(29)14-25(33)27(29)21-6-4-5-19-15-30-10-8-20(19)21/h4-6,8,10,13,15,17,23,27-28H,7,9,11-12,14,16H2,1-3H3/t17?,23-,27-,28+,29-/m0/s1. The lowest BCUT2D eigenvalue weighted by molar-refractivity contribution is -0.120. The number of pyridine rings is 1. The molecule has 5 heteroatoms. The molecule has 0 spiro atoms. The Balaban J connectivity index is 1.35. The summed E-state index contributed by atoms with van der Waals surface area (Å²) in [4.78, 5) is 33.0. The molecule has 176 valence electrons. The number of fused-ring (bicyclic) bond motifs is 4. The lowest BCUT2D eigenvalue weighted by atomic mass is 9.60. The second-order valence-corrected chi connectivity index (χ2v) is 11.2. The number of allylic oxidation sites excluding steroid dienone is 3. The number of Topliss-reactive ketones (excluding diaryl/α,β-unsaturated/α-hetero) is 2. The summed E-state index contributed by atoms with van der Waals surface area (Å²) in [5, 5.41) is 2.20. The number of nitrogens with zero attached hydrogens (tertiary/aromatic N) is 2. The van der Waals surface area contributed by atoms with Gasteiger partial charge < -0.3 is 9.64 Å². The van der Waals surface area contributed by atoms with Crippen LogP contribution in [0.4, 0.5) is 0 Å². The molecular formula is C29H32N2O3. The lowest BCUT2D eigenvalue weighted by Crippen LogP contribution is -2.44. The molecule has 0 amide bonds. The maximum atomic E-state index is 13.6. The van der Waals surface area contributed by atoms with Crippen LogP contribution in [0, 0.1) is 17.3 Å². The highest BCUT2D eigenvalue weighted by molar-refractivity contribution is 6.00. The Morgan fingerprint density at radius 1 is 1.15 bits per heavy atom. The van der Waals surface area contributed by atoms with E-state index in [0.717, 1.165) is 53.5 Å². The minimum absolute atomic E-state index is 0.103. The van der Waals surface area contributed by atoms with Gasteiger partial charge in [0.25, 0.3) is 0 Å². The molecule has 1 unspecified atom stereocenters. The van der Waals surface area contributed by atoms with E-state index in [-0.39, 0.29) is 35.1 Å². The molecule has 0 saturated heterocycles. The Labute approximate surface area is 200 Å². The maximum absolute atomic E-state index is 13.6. The van der Waals surface area contributed by atoms with Crippen molar-refractivity contribution < 1.29 is 14.3 Å². The molecule has 2 saturated carbocycles. The molecule has 1 aromatic carbocycles. The van der Waals surface area contributed by atoms with Crippen molar-refractivity contribution in [3.8, 4) is 0 Å². The van der Waals surface area contributed by atoms with Crippen LogP contribution in [0.25, 0.3) is 10.8 Å². The number of rotatable bonds is 3. The van der Waals surface area contributed by atoms with Crippen molar-refractivity contribution >= 4 is 22.3 Å². The van der Waals surface area contributed by atoms with Crippen molar-refractivity contribution in [3.63, 3.8) is 0 Å². The highest BCUT2D eigenvalue weighted by atomic mass is 16.5. The zero-order valence-corrected chi connectivity index (χ0v) is 20.2. The Bertz CT molecular complexity index is 1250. The number of ether oxygens (including phenoxy) is 1. The van der Waals surface area contributed by atoms with Gasteiger partial charge in [-0.2, -0.15) is 0 Å². The van der Waals surface area contributed by atoms with Gasteiger partial charge in [-0.05, 0) is 66.9 Å². The van der Waals surface area contributed by atoms with Crippen molar-refractivity contribution in [2.75, 3.05) is 20.6 Å². The van der Waals surface area contributed by atoms with E-state index in [1.54, 1.807) is 0 Å². The van der Waals surface area contributed by atoms with E-state index in [4.69, 9.17) is 4.74 Å². The molecule has 5 nitrogen and oxygen atoms in total. The second kappa shape index (κ2) is 7.88. The van der Waals surface area contributed by atoms with Crippen LogP contribution < -0.4 is 0 Å². The zero-order chi connectivity index (χ0) is 23.6. The topological polar surface area (TPSA) is 59.5 Å². The first kappa shape index (κ1) is 21.7. The van der Waals surface area contributed by atoms with Gasteiger partial charge in [0.05, 0.1) is 5.57 Å². The summed E-state index contributed by atoms with van der Waals surface area (Å²) < 4.78 is 6.69. The molecule has 2 fully saturated rings. The van der Waals surface area contributed by atoms with Crippen LogP contribution in [0.1, 0.15) is 50.5 Å². The van der Waals surface area contributed by atoms with E-state index in [1.807, 2.05) is 38.6 Å². The van der Waals surface area contributed by atoms with Gasteiger partial charge in [-0.15, -0.1) is 0 Å². The van der Waals surface area contributed by atoms with Gasteiger partial charge in [0.1, 0.15) is 17.6 Å². The van der Waals surface area contributed by atoms with Gasteiger partial charge in [0.15, 0.2) is 5.78 Å². The quantitative estimate of drug-likeness (QED) is 0.662. The molecular weight excluding hydrogens is 424 g/mol. The molecule has 1 aromatic heterocycles. The third-order valence-electron chi connectivity index (χ3n) is 8.73. The third kappa shape index (κ3) is 3.28. The second-order valence-electron chi connectivity index (χ2n) is 11.2. The van der Waals surface area contributed by atoms with Crippen molar-refractivity contribution in [2.24, 2.45) is 17.3 Å². The van der Waals surface area contributed by atoms with Crippen LogP contribution in [0.3, 0.4) is 0 Å². The molecule has 0 radical (unpaired) electrons. The van der Waals surface area contributed by atoms with Gasteiger partial charge in [-0.3, -0.25) is 14.6 Å². The smallest absolute Gasteiger partial charge is 0.166 e. The molecule has 6 rings (SSSR count). The van der Waals surface area contributed by atoms with Gasteiger partial charge in [0, 0.05) is 55.4 Å². The van der Waals surface area contributed by atoms with Crippen molar-refractivity contribution in [2.45, 2.75) is 51.0 Å². The van der Waals surface area contributed by atoms with Crippen LogP contribution in [0.2, 0.25) is 0 Å². The molecule has 1 aliphatic heterocycles. The Morgan fingerprint density at radius 2 is 2.00 bits per heavy atom. The zero-order valence-electron chi connectivity index (χ0n) is 20.2. The number of benzene rings is 1. The summed E-state index contributed by atoms with van der Waals surface area (Å²) >= 11 is 0. The Kier molecular flexibility index (Phi) is 5.03. The van der Waals surface area contributed by atoms with Crippen LogP contribution >= 0.6 is 0 Å². The van der Waals surface area contributed by atoms with Crippen molar-refractivity contribution in [1.82, 2.24) is 9.88 Å². The fourth-order valence-corrected chi connectivity index (χ4v) is 7.22. The number of ketones is 2. The summed E-state index contributed by atoms with van der Waals surface area (Å²) in [7, 11) is 4.10. The van der Waals surface area contributed by atoms with E-state index in [1.165, 1.54) is 5.57 Å². The van der Waals surface area contributed by atoms with Crippen molar-refractivity contribution in [3.05, 3.63) is 65.2 Å². The first-order chi connectivity index (χ1) is 16.3. The molecule has 4 aliphatic rings. The fraction of sp³-hybridized carbons (Fsp3) is 0.483. The molecule has 0 bridgehead atoms. The van der Waals surface area contributed by atoms with E-state index >= 15 is 0 Å². The summed E-state index contributed by atoms with van der Waals surface area (Å²) in [5.74, 6) is 1.64. The fourth-order valence-electron chi connectivity index (χ4n) is 7.22. The molecule has 5 atom stereocenters. The SMILES string of the molecule is CN(C)CC1CC(=O)C2=C(C1)O[C@@H]1C(=C2)CC[C@]2(C)[C@@H](c3cccc4cnccc34)C(=O)C[C@@H]12. The number of carbonyl (C=O) groups excluding carboxylic acids is 2. The van der Waals surface area contributed by atoms with Crippen LogP contribution in [-0.2, 0) is 14.3 Å². The van der Waals surface area contributed by atoms with E-state index < -0.39 is 0 Å². The first-order valence-electron chi connectivity index (χ1n) is 12.5. The van der Waals surface area contributed by atoms with Crippen molar-refractivity contribution in [1.29, 1.82) is 0 Å². The van der Waals surface area contributed by atoms with Crippen LogP contribution in [0.15, 0.2) is 59.6 Å². The normalized spacial score (nSPS) is 32.9. The lowest BCUT2D eigenvalue weighted by Gasteiger charge is -2.47. The monoisotopic (exact) mass is 456 g/mol. The van der Waals surface area contributed by atoms with Gasteiger partial charge in [0.2, 0.25) is 0 Å². The molecule has 34 heavy (non-hydrogen) atoms. The van der Waals surface area contributed by atoms with E-state index in [0.29, 0.717) is 18.6 Å². The van der Waals surface area contributed by atoms with Gasteiger partial charge >= 0.3 is 0 Å². The average Bonchev–Trinajstić information content (AvgIpc) is 3.08. The number of aromatic nitrogens is 1. The minimum atomic E-state index is -0.170. The molecule has 0 N–H and O–H groups in total. The Morgan fingerprint density at radius 3 is 2.82 bits per heavy atom. The average molecular weight is 457 g/mol. The van der Waals surface area contributed by atoms with Crippen LogP contribution in [0.5, 0.6) is 0 Å². The third-order valence-corrected chi connectivity index (χ3v) is 8.73. The molecule has 3 aliphatic carbocycles. The predicted molar refractivity (Wildman–Crippen MR) is 131 cm³/mol. The summed E-state index contributed by atoms with van der Waals surface area (Å²) in [6.07, 6.45) is 9.44. The Hall–Kier alpha value is -2.79. The summed E-state index contributed by atoms with van der Waals surface area (Å²) in [6.45, 7) is 3.17. The maximum Gasteiger partial charge on any atom is 0.166 e. The number of hydrogen-bond donors (Lipinski definition) is 0. The molecule has 2 heterocycles. The largest absolute Gasteiger partial charge is 0.489 e. The van der Waals surface area contributed by atoms with Gasteiger partial charge in [-0.25, -0.2) is 0 Å².